The lowest BCUT2D eigenvalue weighted by molar-refractivity contribution is 0.0315. The maximum absolute atomic E-state index is 5.83. The van der Waals surface area contributed by atoms with E-state index in [4.69, 9.17) is 10.5 Å². The molecule has 3 heteroatoms. The number of rotatable bonds is 5. The van der Waals surface area contributed by atoms with Gasteiger partial charge in [-0.3, -0.25) is 0 Å². The van der Waals surface area contributed by atoms with Gasteiger partial charge in [0.25, 0.3) is 0 Å². The summed E-state index contributed by atoms with van der Waals surface area (Å²) in [6.45, 7) is 3.10. The summed E-state index contributed by atoms with van der Waals surface area (Å²) in [5.74, 6) is 2.21. The minimum Gasteiger partial charge on any atom is -0.377 e. The molecule has 0 saturated carbocycles. The Balaban J connectivity index is 1.98. The molecule has 1 aliphatic rings. The molecule has 0 aromatic carbocycles. The molecular weight excluding hydrogens is 182 g/mol. The van der Waals surface area contributed by atoms with Crippen LogP contribution in [0.1, 0.15) is 32.6 Å². The zero-order chi connectivity index (χ0) is 9.52. The maximum atomic E-state index is 5.83. The van der Waals surface area contributed by atoms with Crippen LogP contribution in [0.3, 0.4) is 0 Å². The third-order valence-electron chi connectivity index (χ3n) is 2.43. The van der Waals surface area contributed by atoms with Crippen LogP contribution < -0.4 is 5.73 Å². The molecule has 0 aromatic rings. The normalized spacial score (nSPS) is 25.8. The molecule has 1 rings (SSSR count). The van der Waals surface area contributed by atoms with Crippen molar-refractivity contribution >= 4 is 11.8 Å². The first-order valence-corrected chi connectivity index (χ1v) is 6.43. The van der Waals surface area contributed by atoms with E-state index in [0.717, 1.165) is 24.5 Å². The van der Waals surface area contributed by atoms with Crippen LogP contribution in [0.25, 0.3) is 0 Å². The van der Waals surface area contributed by atoms with E-state index >= 15 is 0 Å². The Hall–Kier alpha value is 0.270. The molecule has 2 N–H and O–H groups in total. The highest BCUT2D eigenvalue weighted by atomic mass is 32.2. The lowest BCUT2D eigenvalue weighted by Crippen LogP contribution is -2.25. The van der Waals surface area contributed by atoms with Crippen LogP contribution in [0.5, 0.6) is 0 Å². The van der Waals surface area contributed by atoms with Crippen molar-refractivity contribution in [3.63, 3.8) is 0 Å². The average molecular weight is 203 g/mol. The van der Waals surface area contributed by atoms with Gasteiger partial charge >= 0.3 is 0 Å². The standard InChI is InChI=1S/C10H21NOS/c1-2-9(11)7-13-8-10-5-3-4-6-12-10/h9-10H,2-8,11H2,1H3. The van der Waals surface area contributed by atoms with Crippen molar-refractivity contribution < 1.29 is 4.74 Å². The molecule has 1 saturated heterocycles. The lowest BCUT2D eigenvalue weighted by Gasteiger charge is -2.22. The second-order valence-electron chi connectivity index (χ2n) is 3.69. The van der Waals surface area contributed by atoms with Gasteiger partial charge in [-0.2, -0.15) is 11.8 Å². The average Bonchev–Trinajstić information content (AvgIpc) is 2.19. The van der Waals surface area contributed by atoms with E-state index in [1.54, 1.807) is 0 Å². The van der Waals surface area contributed by atoms with Crippen molar-refractivity contribution in [2.24, 2.45) is 5.73 Å². The Morgan fingerprint density at radius 3 is 3.00 bits per heavy atom. The van der Waals surface area contributed by atoms with E-state index < -0.39 is 0 Å². The van der Waals surface area contributed by atoms with Gasteiger partial charge in [-0.15, -0.1) is 0 Å². The number of nitrogens with two attached hydrogens (primary N) is 1. The number of thioether (sulfide) groups is 1. The number of hydrogen-bond acceptors (Lipinski definition) is 3. The smallest absolute Gasteiger partial charge is 0.0665 e. The van der Waals surface area contributed by atoms with Crippen molar-refractivity contribution in [3.8, 4) is 0 Å². The Bertz CT molecular complexity index is 126. The summed E-state index contributed by atoms with van der Waals surface area (Å²) < 4.78 is 5.63. The fourth-order valence-electron chi connectivity index (χ4n) is 1.41. The van der Waals surface area contributed by atoms with Gasteiger partial charge < -0.3 is 10.5 Å². The van der Waals surface area contributed by atoms with Crippen LogP contribution in [-0.4, -0.2) is 30.3 Å². The highest BCUT2D eigenvalue weighted by Crippen LogP contribution is 2.17. The quantitative estimate of drug-likeness (QED) is 0.742. The van der Waals surface area contributed by atoms with E-state index in [0.29, 0.717) is 12.1 Å². The number of ether oxygens (including phenoxy) is 1. The second-order valence-corrected chi connectivity index (χ2v) is 4.77. The second kappa shape index (κ2) is 6.68. The Morgan fingerprint density at radius 2 is 2.38 bits per heavy atom. The van der Waals surface area contributed by atoms with Crippen molar-refractivity contribution in [1.29, 1.82) is 0 Å². The molecule has 0 bridgehead atoms. The molecule has 1 fully saturated rings. The van der Waals surface area contributed by atoms with Crippen molar-refractivity contribution in [1.82, 2.24) is 0 Å². The van der Waals surface area contributed by atoms with Gasteiger partial charge in [0.1, 0.15) is 0 Å². The molecule has 2 unspecified atom stereocenters. The molecule has 1 aliphatic heterocycles. The Kier molecular flexibility index (Phi) is 5.83. The van der Waals surface area contributed by atoms with E-state index in [9.17, 15) is 0 Å². The van der Waals surface area contributed by atoms with Gasteiger partial charge in [0.2, 0.25) is 0 Å². The predicted octanol–water partition coefficient (Wildman–Crippen LogP) is 2.03. The van der Waals surface area contributed by atoms with E-state index in [-0.39, 0.29) is 0 Å². The molecule has 2 nitrogen and oxygen atoms in total. The molecule has 78 valence electrons. The largest absolute Gasteiger partial charge is 0.377 e. The zero-order valence-electron chi connectivity index (χ0n) is 8.50. The van der Waals surface area contributed by atoms with Gasteiger partial charge in [-0.25, -0.2) is 0 Å². The summed E-state index contributed by atoms with van der Waals surface area (Å²) in [6, 6.07) is 0.369. The highest BCUT2D eigenvalue weighted by molar-refractivity contribution is 7.99. The summed E-state index contributed by atoms with van der Waals surface area (Å²) in [5.41, 5.74) is 5.83. The van der Waals surface area contributed by atoms with Crippen LogP contribution in [-0.2, 0) is 4.74 Å². The lowest BCUT2D eigenvalue weighted by atomic mass is 10.1. The van der Waals surface area contributed by atoms with Gasteiger partial charge in [0.05, 0.1) is 6.10 Å². The zero-order valence-corrected chi connectivity index (χ0v) is 9.31. The first kappa shape index (κ1) is 11.3. The molecule has 13 heavy (non-hydrogen) atoms. The molecule has 0 spiro atoms. The monoisotopic (exact) mass is 203 g/mol. The van der Waals surface area contributed by atoms with Gasteiger partial charge in [0.15, 0.2) is 0 Å². The van der Waals surface area contributed by atoms with Gasteiger partial charge in [-0.05, 0) is 25.7 Å². The summed E-state index contributed by atoms with van der Waals surface area (Å²) in [7, 11) is 0. The van der Waals surface area contributed by atoms with Crippen LogP contribution >= 0.6 is 11.8 Å². The summed E-state index contributed by atoms with van der Waals surface area (Å²) in [4.78, 5) is 0. The summed E-state index contributed by atoms with van der Waals surface area (Å²) in [6.07, 6.45) is 5.41. The van der Waals surface area contributed by atoms with Crippen LogP contribution in [0.15, 0.2) is 0 Å². The SMILES string of the molecule is CCC(N)CSCC1CCCCO1. The third kappa shape index (κ3) is 4.89. The van der Waals surface area contributed by atoms with E-state index in [1.807, 2.05) is 11.8 Å². The minimum absolute atomic E-state index is 0.369. The van der Waals surface area contributed by atoms with Crippen molar-refractivity contribution in [2.45, 2.75) is 44.8 Å². The Labute approximate surface area is 85.6 Å². The molecule has 0 radical (unpaired) electrons. The number of hydrogen-bond donors (Lipinski definition) is 1. The summed E-state index contributed by atoms with van der Waals surface area (Å²) >= 11 is 1.94. The van der Waals surface area contributed by atoms with Crippen molar-refractivity contribution in [3.05, 3.63) is 0 Å². The van der Waals surface area contributed by atoms with Crippen molar-refractivity contribution in [2.75, 3.05) is 18.1 Å². The third-order valence-corrected chi connectivity index (χ3v) is 3.71. The van der Waals surface area contributed by atoms with Crippen LogP contribution in [0, 0.1) is 0 Å². The summed E-state index contributed by atoms with van der Waals surface area (Å²) in [5, 5.41) is 0. The topological polar surface area (TPSA) is 35.2 Å². The Morgan fingerprint density at radius 1 is 1.54 bits per heavy atom. The van der Waals surface area contributed by atoms with Gasteiger partial charge in [-0.1, -0.05) is 6.92 Å². The van der Waals surface area contributed by atoms with E-state index in [1.165, 1.54) is 19.3 Å². The first-order chi connectivity index (χ1) is 6.33. The van der Waals surface area contributed by atoms with Crippen LogP contribution in [0.2, 0.25) is 0 Å². The minimum atomic E-state index is 0.369. The molecular formula is C10H21NOS. The molecule has 0 aromatic heterocycles. The maximum Gasteiger partial charge on any atom is 0.0665 e. The first-order valence-electron chi connectivity index (χ1n) is 5.28. The predicted molar refractivity (Wildman–Crippen MR) is 59.2 cm³/mol. The fraction of sp³-hybridized carbons (Fsp3) is 1.00. The fourth-order valence-corrected chi connectivity index (χ4v) is 2.61. The molecule has 2 atom stereocenters. The molecule has 1 heterocycles. The van der Waals surface area contributed by atoms with E-state index in [2.05, 4.69) is 6.92 Å². The molecule has 0 amide bonds. The van der Waals surface area contributed by atoms with Crippen LogP contribution in [0.4, 0.5) is 0 Å². The highest BCUT2D eigenvalue weighted by Gasteiger charge is 2.13. The molecule has 0 aliphatic carbocycles. The van der Waals surface area contributed by atoms with Gasteiger partial charge in [0, 0.05) is 24.2 Å².